The van der Waals surface area contributed by atoms with Gasteiger partial charge in [-0.2, -0.15) is 5.10 Å². The summed E-state index contributed by atoms with van der Waals surface area (Å²) in [5, 5.41) is 4.53. The first-order valence-corrected chi connectivity index (χ1v) is 9.17. The molecule has 1 aromatic carbocycles. The van der Waals surface area contributed by atoms with E-state index >= 15 is 0 Å². The Labute approximate surface area is 148 Å². The zero-order chi connectivity index (χ0) is 17.4. The van der Waals surface area contributed by atoms with Gasteiger partial charge in [0.15, 0.2) is 0 Å². The standard InChI is InChI=1S/C20H26FN3O/c1-3-24-11-17(15(2)22-24)10-23-12-20(13-23)9-19(25-14-20)8-16-5-4-6-18(21)7-16/h4-7,11,19H,3,8-10,12-14H2,1-2H3/t19-/m0/s1. The summed E-state index contributed by atoms with van der Waals surface area (Å²) in [4.78, 5) is 2.48. The molecule has 0 bridgehead atoms. The second-order valence-electron chi connectivity index (χ2n) is 7.71. The van der Waals surface area contributed by atoms with Crippen LogP contribution in [0.25, 0.3) is 0 Å². The Balaban J connectivity index is 1.30. The number of rotatable bonds is 5. The van der Waals surface area contributed by atoms with Crippen molar-refractivity contribution in [2.24, 2.45) is 5.41 Å². The summed E-state index contributed by atoms with van der Waals surface area (Å²) in [6, 6.07) is 6.88. The Morgan fingerprint density at radius 2 is 2.20 bits per heavy atom. The molecule has 2 aliphatic heterocycles. The zero-order valence-corrected chi connectivity index (χ0v) is 15.0. The molecule has 0 saturated carbocycles. The Morgan fingerprint density at radius 3 is 2.92 bits per heavy atom. The lowest BCUT2D eigenvalue weighted by Crippen LogP contribution is -2.56. The van der Waals surface area contributed by atoms with Crippen LogP contribution < -0.4 is 0 Å². The fourth-order valence-electron chi connectivity index (χ4n) is 4.31. The maximum atomic E-state index is 13.3. The molecule has 5 heteroatoms. The number of hydrogen-bond acceptors (Lipinski definition) is 3. The fraction of sp³-hybridized carbons (Fsp3) is 0.550. The fourth-order valence-corrected chi connectivity index (χ4v) is 4.31. The van der Waals surface area contributed by atoms with E-state index in [9.17, 15) is 4.39 Å². The first-order valence-electron chi connectivity index (χ1n) is 9.17. The molecule has 1 aromatic heterocycles. The van der Waals surface area contributed by atoms with Gasteiger partial charge >= 0.3 is 0 Å². The highest BCUT2D eigenvalue weighted by Gasteiger charge is 2.48. The van der Waals surface area contributed by atoms with Crippen LogP contribution in [0.4, 0.5) is 4.39 Å². The van der Waals surface area contributed by atoms with E-state index in [-0.39, 0.29) is 11.9 Å². The summed E-state index contributed by atoms with van der Waals surface area (Å²) in [6.07, 6.45) is 4.27. The largest absolute Gasteiger partial charge is 0.377 e. The number of benzene rings is 1. The smallest absolute Gasteiger partial charge is 0.123 e. The van der Waals surface area contributed by atoms with E-state index in [1.54, 1.807) is 12.1 Å². The lowest BCUT2D eigenvalue weighted by molar-refractivity contribution is -0.0141. The molecule has 2 fully saturated rings. The number of halogens is 1. The Morgan fingerprint density at radius 1 is 1.36 bits per heavy atom. The molecule has 2 aromatic rings. The minimum Gasteiger partial charge on any atom is -0.377 e. The molecule has 1 spiro atoms. The maximum absolute atomic E-state index is 13.3. The second kappa shape index (κ2) is 6.54. The van der Waals surface area contributed by atoms with Gasteiger partial charge in [-0.1, -0.05) is 12.1 Å². The molecule has 0 N–H and O–H groups in total. The van der Waals surface area contributed by atoms with Crippen molar-refractivity contribution in [3.05, 3.63) is 53.1 Å². The number of nitrogens with zero attached hydrogens (tertiary/aromatic N) is 3. The molecule has 0 amide bonds. The number of aryl methyl sites for hydroxylation is 2. The van der Waals surface area contributed by atoms with Crippen molar-refractivity contribution >= 4 is 0 Å². The van der Waals surface area contributed by atoms with Gasteiger partial charge in [0.05, 0.1) is 18.4 Å². The molecule has 0 unspecified atom stereocenters. The normalized spacial score (nSPS) is 22.4. The van der Waals surface area contributed by atoms with Crippen LogP contribution >= 0.6 is 0 Å². The molecule has 1 atom stereocenters. The topological polar surface area (TPSA) is 30.3 Å². The van der Waals surface area contributed by atoms with Crippen LogP contribution in [0.2, 0.25) is 0 Å². The van der Waals surface area contributed by atoms with Crippen LogP contribution in [0.15, 0.2) is 30.5 Å². The molecular weight excluding hydrogens is 317 g/mol. The van der Waals surface area contributed by atoms with Gasteiger partial charge in [-0.05, 0) is 44.4 Å². The molecule has 0 radical (unpaired) electrons. The van der Waals surface area contributed by atoms with Crippen LogP contribution in [0, 0.1) is 18.2 Å². The van der Waals surface area contributed by atoms with Gasteiger partial charge in [0.2, 0.25) is 0 Å². The Hall–Kier alpha value is -1.72. The van der Waals surface area contributed by atoms with Crippen molar-refractivity contribution in [2.75, 3.05) is 19.7 Å². The average molecular weight is 343 g/mol. The first kappa shape index (κ1) is 16.7. The molecule has 4 rings (SSSR count). The molecule has 0 aliphatic carbocycles. The van der Waals surface area contributed by atoms with Crippen LogP contribution in [0.1, 0.15) is 30.2 Å². The third-order valence-corrected chi connectivity index (χ3v) is 5.52. The van der Waals surface area contributed by atoms with Gasteiger partial charge < -0.3 is 4.74 Å². The minimum atomic E-state index is -0.164. The van der Waals surface area contributed by atoms with E-state index in [1.807, 2.05) is 10.7 Å². The van der Waals surface area contributed by atoms with Gasteiger partial charge in [0.25, 0.3) is 0 Å². The summed E-state index contributed by atoms with van der Waals surface area (Å²) in [5.41, 5.74) is 3.79. The molecule has 25 heavy (non-hydrogen) atoms. The molecule has 2 saturated heterocycles. The van der Waals surface area contributed by atoms with Crippen molar-refractivity contribution < 1.29 is 9.13 Å². The lowest BCUT2D eigenvalue weighted by Gasteiger charge is -2.47. The number of ether oxygens (including phenoxy) is 1. The maximum Gasteiger partial charge on any atom is 0.123 e. The van der Waals surface area contributed by atoms with E-state index in [1.165, 1.54) is 11.6 Å². The van der Waals surface area contributed by atoms with Crippen LogP contribution in [0.5, 0.6) is 0 Å². The van der Waals surface area contributed by atoms with E-state index in [0.717, 1.165) is 56.9 Å². The summed E-state index contributed by atoms with van der Waals surface area (Å²) in [6.45, 7) is 9.10. The first-order chi connectivity index (χ1) is 12.0. The monoisotopic (exact) mass is 343 g/mol. The summed E-state index contributed by atoms with van der Waals surface area (Å²) in [5.74, 6) is -0.164. The van der Waals surface area contributed by atoms with Crippen molar-refractivity contribution in [3.63, 3.8) is 0 Å². The van der Waals surface area contributed by atoms with Crippen molar-refractivity contribution in [1.82, 2.24) is 14.7 Å². The van der Waals surface area contributed by atoms with Gasteiger partial charge in [-0.15, -0.1) is 0 Å². The minimum absolute atomic E-state index is 0.164. The summed E-state index contributed by atoms with van der Waals surface area (Å²) in [7, 11) is 0. The summed E-state index contributed by atoms with van der Waals surface area (Å²) < 4.78 is 21.4. The van der Waals surface area contributed by atoms with Gasteiger partial charge in [-0.3, -0.25) is 9.58 Å². The number of hydrogen-bond donors (Lipinski definition) is 0. The van der Waals surface area contributed by atoms with Crippen LogP contribution in [-0.4, -0.2) is 40.5 Å². The predicted molar refractivity (Wildman–Crippen MR) is 94.8 cm³/mol. The van der Waals surface area contributed by atoms with Crippen LogP contribution in [0.3, 0.4) is 0 Å². The number of aromatic nitrogens is 2. The van der Waals surface area contributed by atoms with E-state index in [2.05, 4.69) is 30.0 Å². The van der Waals surface area contributed by atoms with Gasteiger partial charge in [0, 0.05) is 43.4 Å². The van der Waals surface area contributed by atoms with Crippen LogP contribution in [-0.2, 0) is 24.2 Å². The Bertz CT molecular complexity index is 751. The Kier molecular flexibility index (Phi) is 4.38. The third kappa shape index (κ3) is 3.48. The molecule has 3 heterocycles. The van der Waals surface area contributed by atoms with Crippen molar-refractivity contribution in [3.8, 4) is 0 Å². The highest BCUT2D eigenvalue weighted by molar-refractivity contribution is 5.19. The zero-order valence-electron chi connectivity index (χ0n) is 15.0. The van der Waals surface area contributed by atoms with E-state index in [0.29, 0.717) is 5.41 Å². The number of likely N-dealkylation sites (tertiary alicyclic amines) is 1. The average Bonchev–Trinajstić information content (AvgIpc) is 3.11. The predicted octanol–water partition coefficient (Wildman–Crippen LogP) is 3.18. The molecule has 2 aliphatic rings. The highest BCUT2D eigenvalue weighted by atomic mass is 19.1. The molecule has 134 valence electrons. The van der Waals surface area contributed by atoms with E-state index < -0.39 is 0 Å². The third-order valence-electron chi connectivity index (χ3n) is 5.52. The molecule has 4 nitrogen and oxygen atoms in total. The highest BCUT2D eigenvalue weighted by Crippen LogP contribution is 2.42. The van der Waals surface area contributed by atoms with Crippen molar-refractivity contribution in [2.45, 2.75) is 45.9 Å². The second-order valence-corrected chi connectivity index (χ2v) is 7.71. The van der Waals surface area contributed by atoms with E-state index in [4.69, 9.17) is 4.74 Å². The molecular formula is C20H26FN3O. The van der Waals surface area contributed by atoms with Gasteiger partial charge in [-0.25, -0.2) is 4.39 Å². The lowest BCUT2D eigenvalue weighted by atomic mass is 9.77. The quantitative estimate of drug-likeness (QED) is 0.835. The van der Waals surface area contributed by atoms with Crippen molar-refractivity contribution in [1.29, 1.82) is 0 Å². The SMILES string of the molecule is CCn1cc(CN2CC3(CO[C@@H](Cc4cccc(F)c4)C3)C2)c(C)n1. The summed E-state index contributed by atoms with van der Waals surface area (Å²) >= 11 is 0. The van der Waals surface area contributed by atoms with Gasteiger partial charge in [0.1, 0.15) is 5.82 Å².